The third-order valence-corrected chi connectivity index (χ3v) is 6.25. The van der Waals surface area contributed by atoms with E-state index in [0.717, 1.165) is 42.6 Å². The molecular formula is C29H31N3O5. The zero-order valence-corrected chi connectivity index (χ0v) is 20.6. The number of carbonyl (C=O) groups excluding carboxylic acids is 2. The molecule has 4 rings (SSSR count). The number of nitrogens with zero attached hydrogens (tertiary/aromatic N) is 1. The Kier molecular flexibility index (Phi) is 8.89. The fraction of sp³-hybridized carbons (Fsp3) is 0.276. The molecule has 3 aromatic carbocycles. The number of anilines is 1. The molecule has 8 heteroatoms. The maximum Gasteiger partial charge on any atom is 0.408 e. The molecule has 0 spiro atoms. The third kappa shape index (κ3) is 7.65. The molecular weight excluding hydrogens is 470 g/mol. The number of carboxylic acids is 1. The predicted octanol–water partition coefficient (Wildman–Crippen LogP) is 4.31. The van der Waals surface area contributed by atoms with Gasteiger partial charge in [0.05, 0.1) is 6.54 Å². The van der Waals surface area contributed by atoms with Gasteiger partial charge in [-0.15, -0.1) is 0 Å². The van der Waals surface area contributed by atoms with E-state index in [9.17, 15) is 19.5 Å². The summed E-state index contributed by atoms with van der Waals surface area (Å²) >= 11 is 0. The van der Waals surface area contributed by atoms with Gasteiger partial charge in [0.25, 0.3) is 0 Å². The number of hydrogen-bond donors (Lipinski definition) is 3. The molecule has 1 aliphatic heterocycles. The standard InChI is InChI=1S/C29H31N3O5/c33-27(19-32-15-7-8-16-32)30-25-17-22(13-14-24(25)23-11-5-2-6-12-23)18-26(28(34)35)31-29(36)37-20-21-9-3-1-4-10-21/h1-6,9-14,17,26H,7-8,15-16,18-20H2,(H,30,33)(H,31,36)(H,34,35). The molecule has 1 atom stereocenters. The van der Waals surface area contributed by atoms with Gasteiger partial charge in [0.1, 0.15) is 12.6 Å². The van der Waals surface area contributed by atoms with E-state index in [4.69, 9.17) is 4.74 Å². The van der Waals surface area contributed by atoms with Gasteiger partial charge in [0.2, 0.25) is 5.91 Å². The van der Waals surface area contributed by atoms with Crippen LogP contribution in [0, 0.1) is 0 Å². The molecule has 0 radical (unpaired) electrons. The molecule has 192 valence electrons. The molecule has 8 nitrogen and oxygen atoms in total. The summed E-state index contributed by atoms with van der Waals surface area (Å²) in [6.07, 6.45) is 1.40. The van der Waals surface area contributed by atoms with Crippen molar-refractivity contribution in [1.29, 1.82) is 0 Å². The fourth-order valence-electron chi connectivity index (χ4n) is 4.37. The van der Waals surface area contributed by atoms with E-state index in [1.54, 1.807) is 6.07 Å². The van der Waals surface area contributed by atoms with Gasteiger partial charge in [-0.05, 0) is 48.7 Å². The summed E-state index contributed by atoms with van der Waals surface area (Å²) in [6, 6.07) is 23.1. The first kappa shape index (κ1) is 25.9. The number of nitrogens with one attached hydrogen (secondary N) is 2. The molecule has 0 aromatic heterocycles. The topological polar surface area (TPSA) is 108 Å². The van der Waals surface area contributed by atoms with E-state index in [-0.39, 0.29) is 18.9 Å². The van der Waals surface area contributed by atoms with Crippen LogP contribution in [0.15, 0.2) is 78.9 Å². The number of benzene rings is 3. The number of carbonyl (C=O) groups is 3. The Hall–Kier alpha value is -4.17. The van der Waals surface area contributed by atoms with Gasteiger partial charge in [0, 0.05) is 17.7 Å². The van der Waals surface area contributed by atoms with Crippen LogP contribution in [0.25, 0.3) is 11.1 Å². The van der Waals surface area contributed by atoms with E-state index in [1.807, 2.05) is 72.8 Å². The average molecular weight is 502 g/mol. The highest BCUT2D eigenvalue weighted by molar-refractivity contribution is 5.96. The lowest BCUT2D eigenvalue weighted by Crippen LogP contribution is -2.42. The Bertz CT molecular complexity index is 1210. The van der Waals surface area contributed by atoms with Crippen LogP contribution in [-0.4, -0.2) is 53.7 Å². The molecule has 1 fully saturated rings. The molecule has 1 aliphatic rings. The van der Waals surface area contributed by atoms with Crippen LogP contribution in [0.4, 0.5) is 10.5 Å². The average Bonchev–Trinajstić information content (AvgIpc) is 3.41. The largest absolute Gasteiger partial charge is 0.480 e. The summed E-state index contributed by atoms with van der Waals surface area (Å²) in [6.45, 7) is 2.17. The number of alkyl carbamates (subject to hydrolysis) is 1. The predicted molar refractivity (Wildman–Crippen MR) is 141 cm³/mol. The molecule has 0 aliphatic carbocycles. The summed E-state index contributed by atoms with van der Waals surface area (Å²) < 4.78 is 5.19. The Morgan fingerprint density at radius 1 is 0.892 bits per heavy atom. The number of carboxylic acid groups (broad SMARTS) is 1. The third-order valence-electron chi connectivity index (χ3n) is 6.25. The van der Waals surface area contributed by atoms with Crippen molar-refractivity contribution in [2.45, 2.75) is 31.9 Å². The molecule has 1 heterocycles. The van der Waals surface area contributed by atoms with Gasteiger partial charge >= 0.3 is 12.1 Å². The van der Waals surface area contributed by atoms with Crippen LogP contribution in [0.3, 0.4) is 0 Å². The highest BCUT2D eigenvalue weighted by Crippen LogP contribution is 2.29. The lowest BCUT2D eigenvalue weighted by molar-refractivity contribution is -0.139. The lowest BCUT2D eigenvalue weighted by Gasteiger charge is -2.18. The van der Waals surface area contributed by atoms with Crippen molar-refractivity contribution >= 4 is 23.7 Å². The number of ether oxygens (including phenoxy) is 1. The molecule has 1 unspecified atom stereocenters. The summed E-state index contributed by atoms with van der Waals surface area (Å²) in [5.74, 6) is -1.29. The number of aliphatic carboxylic acids is 1. The number of hydrogen-bond acceptors (Lipinski definition) is 5. The van der Waals surface area contributed by atoms with Crippen LogP contribution in [0.1, 0.15) is 24.0 Å². The summed E-state index contributed by atoms with van der Waals surface area (Å²) in [7, 11) is 0. The second-order valence-electron chi connectivity index (χ2n) is 9.08. The van der Waals surface area contributed by atoms with Crippen LogP contribution in [0.2, 0.25) is 0 Å². The van der Waals surface area contributed by atoms with Crippen LogP contribution < -0.4 is 10.6 Å². The van der Waals surface area contributed by atoms with Crippen LogP contribution >= 0.6 is 0 Å². The van der Waals surface area contributed by atoms with E-state index in [0.29, 0.717) is 17.8 Å². The van der Waals surface area contributed by atoms with Crippen molar-refractivity contribution in [2.75, 3.05) is 25.0 Å². The summed E-state index contributed by atoms with van der Waals surface area (Å²) in [5, 5.41) is 15.2. The number of likely N-dealkylation sites (tertiary alicyclic amines) is 1. The first-order chi connectivity index (χ1) is 18.0. The van der Waals surface area contributed by atoms with Gasteiger partial charge in [-0.25, -0.2) is 9.59 Å². The van der Waals surface area contributed by atoms with Crippen molar-refractivity contribution in [1.82, 2.24) is 10.2 Å². The zero-order chi connectivity index (χ0) is 26.0. The van der Waals surface area contributed by atoms with E-state index >= 15 is 0 Å². The number of amides is 2. The van der Waals surface area contributed by atoms with Crippen molar-refractivity contribution in [2.24, 2.45) is 0 Å². The van der Waals surface area contributed by atoms with Crippen LogP contribution in [0.5, 0.6) is 0 Å². The molecule has 3 aromatic rings. The normalized spacial score (nSPS) is 14.1. The van der Waals surface area contributed by atoms with Gasteiger partial charge < -0.3 is 20.5 Å². The second kappa shape index (κ2) is 12.7. The first-order valence-electron chi connectivity index (χ1n) is 12.4. The minimum atomic E-state index is -1.20. The highest BCUT2D eigenvalue weighted by Gasteiger charge is 2.22. The molecule has 3 N–H and O–H groups in total. The fourth-order valence-corrected chi connectivity index (χ4v) is 4.37. The lowest BCUT2D eigenvalue weighted by atomic mass is 9.98. The molecule has 37 heavy (non-hydrogen) atoms. The van der Waals surface area contributed by atoms with Crippen molar-refractivity contribution in [3.8, 4) is 11.1 Å². The Balaban J connectivity index is 1.47. The van der Waals surface area contributed by atoms with Gasteiger partial charge in [0.15, 0.2) is 0 Å². The van der Waals surface area contributed by atoms with E-state index in [2.05, 4.69) is 15.5 Å². The Labute approximate surface area is 216 Å². The van der Waals surface area contributed by atoms with Crippen molar-refractivity contribution in [3.05, 3.63) is 90.0 Å². The Morgan fingerprint density at radius 3 is 2.24 bits per heavy atom. The first-order valence-corrected chi connectivity index (χ1v) is 12.4. The Morgan fingerprint density at radius 2 is 1.57 bits per heavy atom. The van der Waals surface area contributed by atoms with Gasteiger partial charge in [-0.3, -0.25) is 9.69 Å². The van der Waals surface area contributed by atoms with Crippen molar-refractivity contribution < 1.29 is 24.2 Å². The number of rotatable bonds is 10. The second-order valence-corrected chi connectivity index (χ2v) is 9.08. The summed E-state index contributed by atoms with van der Waals surface area (Å²) in [4.78, 5) is 39.1. The van der Waals surface area contributed by atoms with Crippen LogP contribution in [-0.2, 0) is 27.4 Å². The minimum Gasteiger partial charge on any atom is -0.480 e. The molecule has 0 saturated carbocycles. The van der Waals surface area contributed by atoms with Gasteiger partial charge in [-0.2, -0.15) is 0 Å². The smallest absolute Gasteiger partial charge is 0.408 e. The molecule has 0 bridgehead atoms. The van der Waals surface area contributed by atoms with E-state index < -0.39 is 18.1 Å². The highest BCUT2D eigenvalue weighted by atomic mass is 16.5. The van der Waals surface area contributed by atoms with Crippen molar-refractivity contribution in [3.63, 3.8) is 0 Å². The maximum atomic E-state index is 12.8. The zero-order valence-electron chi connectivity index (χ0n) is 20.6. The maximum absolute atomic E-state index is 12.8. The van der Waals surface area contributed by atoms with Gasteiger partial charge in [-0.1, -0.05) is 72.8 Å². The molecule has 2 amide bonds. The molecule has 1 saturated heterocycles. The minimum absolute atomic E-state index is 0.0276. The SMILES string of the molecule is O=C(CN1CCCC1)Nc1cc(CC(NC(=O)OCc2ccccc2)C(=O)O)ccc1-c1ccccc1. The summed E-state index contributed by atoms with van der Waals surface area (Å²) in [5.41, 5.74) is 3.83. The quantitative estimate of drug-likeness (QED) is 0.382. The monoisotopic (exact) mass is 501 g/mol. The van der Waals surface area contributed by atoms with E-state index in [1.165, 1.54) is 0 Å².